The average molecular weight is 488 g/mol. The summed E-state index contributed by atoms with van der Waals surface area (Å²) in [5, 5.41) is 11.6. The van der Waals surface area contributed by atoms with Gasteiger partial charge in [0.2, 0.25) is 11.9 Å². The Hall–Kier alpha value is -3.07. The minimum Gasteiger partial charge on any atom is -0.349 e. The van der Waals surface area contributed by atoms with Gasteiger partial charge in [0.25, 0.3) is 10.0 Å². The number of halogens is 2. The van der Waals surface area contributed by atoms with Crippen LogP contribution in [0.15, 0.2) is 83.8 Å². The first-order valence-electron chi connectivity index (χ1n) is 9.66. The molecule has 0 saturated heterocycles. The third kappa shape index (κ3) is 5.21. The van der Waals surface area contributed by atoms with Gasteiger partial charge in [0.05, 0.1) is 4.90 Å². The zero-order valence-electron chi connectivity index (χ0n) is 16.7. The summed E-state index contributed by atoms with van der Waals surface area (Å²) in [5.74, 6) is 0.278. The Balaban J connectivity index is 1.61. The van der Waals surface area contributed by atoms with E-state index in [1.165, 1.54) is 12.1 Å². The van der Waals surface area contributed by atoms with Crippen LogP contribution in [0.25, 0.3) is 0 Å². The summed E-state index contributed by atoms with van der Waals surface area (Å²) in [4.78, 5) is 4.48. The molecule has 0 unspecified atom stereocenters. The van der Waals surface area contributed by atoms with Gasteiger partial charge in [0.15, 0.2) is 0 Å². The van der Waals surface area contributed by atoms with Gasteiger partial charge in [0, 0.05) is 23.1 Å². The van der Waals surface area contributed by atoms with Crippen LogP contribution in [0.4, 0.5) is 11.9 Å². The first-order valence-corrected chi connectivity index (χ1v) is 11.9. The Kier molecular flexibility index (Phi) is 6.64. The molecule has 1 aromatic heterocycles. The largest absolute Gasteiger partial charge is 0.349 e. The lowest BCUT2D eigenvalue weighted by Gasteiger charge is -2.09. The van der Waals surface area contributed by atoms with Gasteiger partial charge in [-0.1, -0.05) is 65.7 Å². The highest BCUT2D eigenvalue weighted by Gasteiger charge is 2.24. The molecular formula is C22H19Cl2N5O2S. The third-order valence-corrected chi connectivity index (χ3v) is 6.66. The van der Waals surface area contributed by atoms with Crippen LogP contribution >= 0.6 is 23.2 Å². The van der Waals surface area contributed by atoms with Crippen molar-refractivity contribution in [3.8, 4) is 0 Å². The molecule has 0 saturated carbocycles. The summed E-state index contributed by atoms with van der Waals surface area (Å²) in [7, 11) is -3.95. The molecule has 0 radical (unpaired) electrons. The summed E-state index contributed by atoms with van der Waals surface area (Å²) < 4.78 is 27.3. The van der Waals surface area contributed by atoms with Gasteiger partial charge < -0.3 is 10.6 Å². The Morgan fingerprint density at radius 3 is 1.84 bits per heavy atom. The molecule has 2 N–H and O–H groups in total. The lowest BCUT2D eigenvalue weighted by Crippen LogP contribution is -2.18. The van der Waals surface area contributed by atoms with E-state index >= 15 is 0 Å². The van der Waals surface area contributed by atoms with Crippen LogP contribution in [0, 0.1) is 0 Å². The number of aromatic nitrogens is 3. The fourth-order valence-corrected chi connectivity index (χ4v) is 4.38. The average Bonchev–Trinajstić information content (AvgIpc) is 3.23. The first kappa shape index (κ1) is 22.1. The van der Waals surface area contributed by atoms with Crippen molar-refractivity contribution in [3.63, 3.8) is 0 Å². The van der Waals surface area contributed by atoms with Crippen LogP contribution in [0.1, 0.15) is 11.1 Å². The van der Waals surface area contributed by atoms with Gasteiger partial charge in [-0.05, 0) is 47.5 Å². The fraction of sp³-hybridized carbons (Fsp3) is 0.0909. The molecule has 4 rings (SSSR count). The molecular weight excluding hydrogens is 469 g/mol. The van der Waals surface area contributed by atoms with Crippen molar-refractivity contribution in [2.45, 2.75) is 18.0 Å². The zero-order chi connectivity index (χ0) is 22.6. The molecule has 0 aliphatic carbocycles. The quantitative estimate of drug-likeness (QED) is 0.361. The molecule has 1 heterocycles. The smallest absolute Gasteiger partial charge is 0.286 e. The van der Waals surface area contributed by atoms with E-state index in [4.69, 9.17) is 23.2 Å². The SMILES string of the molecule is O=S(=O)(c1ccccc1)n1nc(NCc2ccc(Cl)cc2)nc1NCc1ccc(Cl)cc1. The number of anilines is 2. The summed E-state index contributed by atoms with van der Waals surface area (Å²) in [6.45, 7) is 0.750. The molecule has 0 fully saturated rings. The number of benzene rings is 3. The summed E-state index contributed by atoms with van der Waals surface area (Å²) in [6, 6.07) is 22.6. The maximum absolute atomic E-state index is 13.2. The topological polar surface area (TPSA) is 88.9 Å². The summed E-state index contributed by atoms with van der Waals surface area (Å²) in [6.07, 6.45) is 0. The molecule has 4 aromatic rings. The van der Waals surface area contributed by atoms with E-state index in [0.29, 0.717) is 23.1 Å². The van der Waals surface area contributed by atoms with E-state index in [2.05, 4.69) is 20.7 Å². The van der Waals surface area contributed by atoms with Crippen LogP contribution in [-0.4, -0.2) is 22.6 Å². The van der Waals surface area contributed by atoms with Crippen LogP contribution in [-0.2, 0) is 23.1 Å². The second-order valence-corrected chi connectivity index (χ2v) is 9.52. The number of rotatable bonds is 8. The lowest BCUT2D eigenvalue weighted by molar-refractivity contribution is 0.580. The van der Waals surface area contributed by atoms with Gasteiger partial charge >= 0.3 is 0 Å². The molecule has 3 aromatic carbocycles. The Morgan fingerprint density at radius 2 is 1.28 bits per heavy atom. The van der Waals surface area contributed by atoms with E-state index in [1.807, 2.05) is 24.3 Å². The van der Waals surface area contributed by atoms with E-state index < -0.39 is 10.0 Å². The van der Waals surface area contributed by atoms with Crippen molar-refractivity contribution in [2.75, 3.05) is 10.6 Å². The van der Waals surface area contributed by atoms with Crippen molar-refractivity contribution in [1.29, 1.82) is 0 Å². The molecule has 0 bridgehead atoms. The van der Waals surface area contributed by atoms with E-state index in [0.717, 1.165) is 15.2 Å². The number of hydrogen-bond acceptors (Lipinski definition) is 6. The van der Waals surface area contributed by atoms with Gasteiger partial charge in [0.1, 0.15) is 0 Å². The van der Waals surface area contributed by atoms with Gasteiger partial charge in [-0.25, -0.2) is 0 Å². The minimum atomic E-state index is -3.95. The molecule has 0 aliphatic heterocycles. The van der Waals surface area contributed by atoms with Crippen LogP contribution in [0.5, 0.6) is 0 Å². The molecule has 32 heavy (non-hydrogen) atoms. The lowest BCUT2D eigenvalue weighted by atomic mass is 10.2. The second kappa shape index (κ2) is 9.60. The predicted molar refractivity (Wildman–Crippen MR) is 127 cm³/mol. The van der Waals surface area contributed by atoms with Gasteiger partial charge in [-0.15, -0.1) is 9.19 Å². The van der Waals surface area contributed by atoms with Crippen molar-refractivity contribution >= 4 is 45.1 Å². The highest BCUT2D eigenvalue weighted by atomic mass is 35.5. The maximum Gasteiger partial charge on any atom is 0.286 e. The molecule has 164 valence electrons. The Bertz CT molecular complexity index is 1290. The van der Waals surface area contributed by atoms with E-state index in [-0.39, 0.29) is 16.8 Å². The van der Waals surface area contributed by atoms with Crippen LogP contribution < -0.4 is 10.6 Å². The summed E-state index contributed by atoms with van der Waals surface area (Å²) in [5.41, 5.74) is 1.86. The van der Waals surface area contributed by atoms with E-state index in [9.17, 15) is 8.42 Å². The van der Waals surface area contributed by atoms with E-state index in [1.54, 1.807) is 42.5 Å². The van der Waals surface area contributed by atoms with Crippen molar-refractivity contribution in [2.24, 2.45) is 0 Å². The third-order valence-electron chi connectivity index (χ3n) is 4.58. The molecule has 10 heteroatoms. The minimum absolute atomic E-state index is 0.0995. The predicted octanol–water partition coefficient (Wildman–Crippen LogP) is 5.05. The highest BCUT2D eigenvalue weighted by Crippen LogP contribution is 2.20. The fourth-order valence-electron chi connectivity index (χ4n) is 2.91. The molecule has 0 spiro atoms. The standard InChI is InChI=1S/C22H19Cl2N5O2S/c23-18-10-6-16(7-11-18)14-25-21-27-22(26-15-17-8-12-19(24)13-9-17)29(28-21)32(30,31)20-4-2-1-3-5-20/h1-13H,14-15H2,(H2,25,26,27,28). The number of nitrogens with zero attached hydrogens (tertiary/aromatic N) is 3. The Labute approximate surface area is 196 Å². The number of nitrogens with one attached hydrogen (secondary N) is 2. The van der Waals surface area contributed by atoms with Crippen LogP contribution in [0.2, 0.25) is 10.0 Å². The van der Waals surface area contributed by atoms with Crippen LogP contribution in [0.3, 0.4) is 0 Å². The van der Waals surface area contributed by atoms with Crippen molar-refractivity contribution < 1.29 is 8.42 Å². The summed E-state index contributed by atoms with van der Waals surface area (Å²) >= 11 is 11.9. The molecule has 0 amide bonds. The number of hydrogen-bond donors (Lipinski definition) is 2. The monoisotopic (exact) mass is 487 g/mol. The normalized spacial score (nSPS) is 11.3. The van der Waals surface area contributed by atoms with Gasteiger partial charge in [-0.2, -0.15) is 13.4 Å². The first-order chi connectivity index (χ1) is 15.4. The maximum atomic E-state index is 13.2. The van der Waals surface area contributed by atoms with Gasteiger partial charge in [-0.3, -0.25) is 0 Å². The molecule has 7 nitrogen and oxygen atoms in total. The molecule has 0 atom stereocenters. The van der Waals surface area contributed by atoms with Crippen molar-refractivity contribution in [3.05, 3.63) is 100 Å². The second-order valence-electron chi connectivity index (χ2n) is 6.88. The van der Waals surface area contributed by atoms with Crippen molar-refractivity contribution in [1.82, 2.24) is 14.2 Å². The molecule has 0 aliphatic rings. The highest BCUT2D eigenvalue weighted by molar-refractivity contribution is 7.90. The Morgan fingerprint density at radius 1 is 0.750 bits per heavy atom. The zero-order valence-corrected chi connectivity index (χ0v) is 19.1.